The molecule has 14 heteroatoms. The summed E-state index contributed by atoms with van der Waals surface area (Å²) in [5, 5.41) is 10.6. The first kappa shape index (κ1) is 26.3. The standard InChI is InChI=1S/C23H21N3O9S2/c1-13-12-36-22-17(24-20(27)19(37(32,33)34)15-5-3-2-4-6-15)21(28)25(22)18(13)23(29)35-11-14-7-9-16(10-8-14)26(30)31/h2-10,17,19,22H,11-12H2,1H3,(H,24,27)(H,32,33,34)/t17?,19?,22-/m0/s1. The number of non-ortho nitro benzene ring substituents is 1. The lowest BCUT2D eigenvalue weighted by Gasteiger charge is -2.49. The fourth-order valence-electron chi connectivity index (χ4n) is 4.01. The van der Waals surface area contributed by atoms with E-state index in [2.05, 4.69) is 5.32 Å². The molecular weight excluding hydrogens is 526 g/mol. The Balaban J connectivity index is 1.45. The van der Waals surface area contributed by atoms with E-state index in [0.717, 1.165) is 0 Å². The van der Waals surface area contributed by atoms with Crippen molar-refractivity contribution in [2.75, 3.05) is 5.75 Å². The molecular formula is C23H21N3O9S2. The Bertz CT molecular complexity index is 1390. The number of carbonyl (C=O) groups is 3. The van der Waals surface area contributed by atoms with Crippen LogP contribution in [0.4, 0.5) is 5.69 Å². The molecule has 0 radical (unpaired) electrons. The number of β-lactam (4-membered cyclic amide) rings is 1. The average Bonchev–Trinajstić information content (AvgIpc) is 2.85. The van der Waals surface area contributed by atoms with Gasteiger partial charge in [0, 0.05) is 17.9 Å². The lowest BCUT2D eigenvalue weighted by Crippen LogP contribution is -2.71. The van der Waals surface area contributed by atoms with Gasteiger partial charge in [-0.3, -0.25) is 29.2 Å². The van der Waals surface area contributed by atoms with Crippen molar-refractivity contribution >= 4 is 45.4 Å². The first-order chi connectivity index (χ1) is 17.5. The molecule has 2 aromatic carbocycles. The van der Waals surface area contributed by atoms with E-state index in [1.807, 2.05) is 0 Å². The van der Waals surface area contributed by atoms with E-state index in [-0.39, 0.29) is 23.6 Å². The zero-order chi connectivity index (χ0) is 26.9. The van der Waals surface area contributed by atoms with E-state index < -0.39 is 49.5 Å². The molecule has 4 rings (SSSR count). The van der Waals surface area contributed by atoms with Crippen molar-refractivity contribution in [3.63, 3.8) is 0 Å². The quantitative estimate of drug-likeness (QED) is 0.163. The summed E-state index contributed by atoms with van der Waals surface area (Å²) >= 11 is 1.28. The third-order valence-corrected chi connectivity index (χ3v) is 8.31. The molecule has 2 heterocycles. The van der Waals surface area contributed by atoms with Crippen LogP contribution < -0.4 is 5.32 Å². The molecule has 2 aliphatic rings. The van der Waals surface area contributed by atoms with Crippen molar-refractivity contribution in [2.24, 2.45) is 0 Å². The first-order valence-corrected chi connectivity index (χ1v) is 13.4. The summed E-state index contributed by atoms with van der Waals surface area (Å²) in [5.74, 6) is -2.13. The summed E-state index contributed by atoms with van der Waals surface area (Å²) in [6.45, 7) is 1.48. The number of esters is 1. The Labute approximate surface area is 215 Å². The van der Waals surface area contributed by atoms with Crippen LogP contribution in [0.3, 0.4) is 0 Å². The molecule has 1 fully saturated rings. The molecule has 0 saturated carbocycles. The lowest BCUT2D eigenvalue weighted by molar-refractivity contribution is -0.384. The molecule has 2 aliphatic heterocycles. The molecule has 2 N–H and O–H groups in total. The fourth-order valence-corrected chi connectivity index (χ4v) is 6.14. The van der Waals surface area contributed by atoms with Crippen molar-refractivity contribution in [1.82, 2.24) is 10.2 Å². The van der Waals surface area contributed by atoms with Crippen LogP contribution in [0.15, 0.2) is 65.9 Å². The molecule has 37 heavy (non-hydrogen) atoms. The van der Waals surface area contributed by atoms with Crippen molar-refractivity contribution in [1.29, 1.82) is 0 Å². The number of nitro benzene ring substituents is 1. The van der Waals surface area contributed by atoms with Gasteiger partial charge in [-0.15, -0.1) is 11.8 Å². The predicted molar refractivity (Wildman–Crippen MR) is 131 cm³/mol. The van der Waals surface area contributed by atoms with Crippen molar-refractivity contribution < 1.29 is 37.0 Å². The molecule has 0 spiro atoms. The molecule has 2 amide bonds. The van der Waals surface area contributed by atoms with Gasteiger partial charge in [0.25, 0.3) is 21.7 Å². The normalized spacial score (nSPS) is 19.9. The molecule has 3 atom stereocenters. The van der Waals surface area contributed by atoms with Gasteiger partial charge >= 0.3 is 5.97 Å². The number of carbonyl (C=O) groups excluding carboxylic acids is 3. The summed E-state index contributed by atoms with van der Waals surface area (Å²) in [5.41, 5.74) is 1.04. The van der Waals surface area contributed by atoms with Crippen LogP contribution >= 0.6 is 11.8 Å². The number of fused-ring (bicyclic) bond motifs is 1. The first-order valence-electron chi connectivity index (χ1n) is 10.9. The highest BCUT2D eigenvalue weighted by Gasteiger charge is 2.54. The second kappa shape index (κ2) is 10.3. The van der Waals surface area contributed by atoms with E-state index in [1.165, 1.54) is 65.2 Å². The maximum absolute atomic E-state index is 13.0. The van der Waals surface area contributed by atoms with E-state index >= 15 is 0 Å². The Kier molecular flexibility index (Phi) is 7.34. The third kappa shape index (κ3) is 5.35. The SMILES string of the molecule is CC1=C(C(=O)OCc2ccc([N+](=O)[O-])cc2)N2C(=O)C(NC(=O)C(c3ccccc3)S(=O)(=O)O)[C@@H]2SC1. The maximum Gasteiger partial charge on any atom is 0.355 e. The number of hydrogen-bond donors (Lipinski definition) is 2. The second-order valence-corrected chi connectivity index (χ2v) is 10.9. The number of ether oxygens (including phenoxy) is 1. The van der Waals surface area contributed by atoms with Gasteiger partial charge in [-0.25, -0.2) is 4.79 Å². The largest absolute Gasteiger partial charge is 0.456 e. The lowest BCUT2D eigenvalue weighted by atomic mass is 10.0. The zero-order valence-electron chi connectivity index (χ0n) is 19.3. The second-order valence-electron chi connectivity index (χ2n) is 8.33. The molecule has 2 aromatic rings. The monoisotopic (exact) mass is 547 g/mol. The minimum atomic E-state index is -4.83. The van der Waals surface area contributed by atoms with Gasteiger partial charge in [-0.2, -0.15) is 8.42 Å². The third-order valence-electron chi connectivity index (χ3n) is 5.81. The summed E-state index contributed by atoms with van der Waals surface area (Å²) in [6, 6.07) is 11.7. The van der Waals surface area contributed by atoms with Crippen LogP contribution in [0.25, 0.3) is 0 Å². The number of amides is 2. The van der Waals surface area contributed by atoms with Crippen molar-refractivity contribution in [2.45, 2.75) is 30.2 Å². The van der Waals surface area contributed by atoms with E-state index in [9.17, 15) is 37.5 Å². The summed E-state index contributed by atoms with van der Waals surface area (Å²) in [4.78, 5) is 50.1. The highest BCUT2D eigenvalue weighted by molar-refractivity contribution is 8.00. The van der Waals surface area contributed by atoms with Crippen molar-refractivity contribution in [3.05, 3.63) is 87.1 Å². The number of benzene rings is 2. The van der Waals surface area contributed by atoms with Crippen LogP contribution in [0.1, 0.15) is 23.3 Å². The van der Waals surface area contributed by atoms with Crippen molar-refractivity contribution in [3.8, 4) is 0 Å². The van der Waals surface area contributed by atoms with Gasteiger partial charge in [0.2, 0.25) is 5.91 Å². The summed E-state index contributed by atoms with van der Waals surface area (Å²) in [6.07, 6.45) is 0. The number of thioether (sulfide) groups is 1. The Hall–Kier alpha value is -3.75. The number of nitro groups is 1. The molecule has 2 unspecified atom stereocenters. The van der Waals surface area contributed by atoms with E-state index in [0.29, 0.717) is 16.9 Å². The minimum absolute atomic E-state index is 0.0237. The van der Waals surface area contributed by atoms with Crippen LogP contribution in [0, 0.1) is 10.1 Å². The van der Waals surface area contributed by atoms with Crippen LogP contribution in [0.2, 0.25) is 0 Å². The molecule has 12 nitrogen and oxygen atoms in total. The zero-order valence-corrected chi connectivity index (χ0v) is 20.9. The Morgan fingerprint density at radius 1 is 1.22 bits per heavy atom. The number of nitrogens with zero attached hydrogens (tertiary/aromatic N) is 2. The number of nitrogens with one attached hydrogen (secondary N) is 1. The van der Waals surface area contributed by atoms with Gasteiger partial charge in [-0.05, 0) is 35.8 Å². The van der Waals surface area contributed by atoms with Gasteiger partial charge < -0.3 is 10.1 Å². The smallest absolute Gasteiger partial charge is 0.355 e. The molecule has 0 aliphatic carbocycles. The Morgan fingerprint density at radius 3 is 2.46 bits per heavy atom. The van der Waals surface area contributed by atoms with Gasteiger partial charge in [0.1, 0.15) is 23.7 Å². The Morgan fingerprint density at radius 2 is 1.86 bits per heavy atom. The molecule has 0 bridgehead atoms. The van der Waals surface area contributed by atoms with Gasteiger partial charge in [-0.1, -0.05) is 30.3 Å². The predicted octanol–water partition coefficient (Wildman–Crippen LogP) is 1.94. The highest BCUT2D eigenvalue weighted by Crippen LogP contribution is 2.41. The van der Waals surface area contributed by atoms with Gasteiger partial charge in [0.05, 0.1) is 4.92 Å². The average molecular weight is 548 g/mol. The number of rotatable bonds is 8. The summed E-state index contributed by atoms with van der Waals surface area (Å²) in [7, 11) is -4.83. The van der Waals surface area contributed by atoms with Gasteiger partial charge in [0.15, 0.2) is 5.25 Å². The topological polar surface area (TPSA) is 173 Å². The van der Waals surface area contributed by atoms with Crippen LogP contribution in [-0.2, 0) is 35.8 Å². The van der Waals surface area contributed by atoms with E-state index in [4.69, 9.17) is 4.74 Å². The number of hydrogen-bond acceptors (Lipinski definition) is 9. The van der Waals surface area contributed by atoms with Crippen LogP contribution in [0.5, 0.6) is 0 Å². The summed E-state index contributed by atoms with van der Waals surface area (Å²) < 4.78 is 38.9. The fraction of sp³-hybridized carbons (Fsp3) is 0.261. The van der Waals surface area contributed by atoms with E-state index in [1.54, 1.807) is 13.0 Å². The highest BCUT2D eigenvalue weighted by atomic mass is 32.2. The minimum Gasteiger partial charge on any atom is -0.456 e. The maximum atomic E-state index is 13.0. The molecule has 0 aromatic heterocycles. The molecule has 194 valence electrons. The molecule has 1 saturated heterocycles. The van der Waals surface area contributed by atoms with Crippen LogP contribution in [-0.4, -0.2) is 57.7 Å².